The molecule has 0 atom stereocenters. The Kier molecular flexibility index (Phi) is 6.24. The van der Waals surface area contributed by atoms with Gasteiger partial charge in [-0.05, 0) is 43.8 Å². The molecule has 0 spiro atoms. The van der Waals surface area contributed by atoms with Crippen molar-refractivity contribution in [2.24, 2.45) is 0 Å². The lowest BCUT2D eigenvalue weighted by Crippen LogP contribution is -2.24. The van der Waals surface area contributed by atoms with Gasteiger partial charge in [-0.2, -0.15) is 0 Å². The van der Waals surface area contributed by atoms with Crippen molar-refractivity contribution in [1.82, 2.24) is 14.9 Å². The summed E-state index contributed by atoms with van der Waals surface area (Å²) in [4.78, 5) is 29.5. The van der Waals surface area contributed by atoms with Crippen molar-refractivity contribution in [2.45, 2.75) is 39.3 Å². The zero-order valence-corrected chi connectivity index (χ0v) is 16.3. The maximum absolute atomic E-state index is 12.1. The molecule has 0 saturated carbocycles. The minimum absolute atomic E-state index is 0.0565. The highest BCUT2D eigenvalue weighted by molar-refractivity contribution is 7.12. The van der Waals surface area contributed by atoms with Gasteiger partial charge in [0, 0.05) is 13.0 Å². The molecule has 3 rings (SSSR count). The molecule has 1 aromatic carbocycles. The Morgan fingerprint density at radius 1 is 1.22 bits per heavy atom. The molecule has 0 fully saturated rings. The number of para-hydroxylation sites is 2. The molecule has 0 aliphatic rings. The van der Waals surface area contributed by atoms with Gasteiger partial charge in [0.25, 0.3) is 5.91 Å². The average Bonchev–Trinajstić information content (AvgIpc) is 3.27. The number of aromatic nitrogens is 2. The number of imidazole rings is 1. The van der Waals surface area contributed by atoms with E-state index in [0.717, 1.165) is 23.3 Å². The fourth-order valence-electron chi connectivity index (χ4n) is 2.87. The standard InChI is InChI=1S/C20H23N3O3S/c1-14(2)26-19(24)13-23-16-8-4-3-7-15(16)22-18(23)10-5-11-21-20(25)17-9-6-12-27-17/h3-4,6-9,12,14H,5,10-11,13H2,1-2H3,(H,21,25). The minimum Gasteiger partial charge on any atom is -0.462 e. The zero-order chi connectivity index (χ0) is 19.2. The molecule has 2 aromatic heterocycles. The summed E-state index contributed by atoms with van der Waals surface area (Å²) in [6, 6.07) is 11.4. The molecular formula is C20H23N3O3S. The van der Waals surface area contributed by atoms with E-state index in [4.69, 9.17) is 4.74 Å². The van der Waals surface area contributed by atoms with Crippen LogP contribution in [0.4, 0.5) is 0 Å². The summed E-state index contributed by atoms with van der Waals surface area (Å²) in [5.74, 6) is 0.488. The summed E-state index contributed by atoms with van der Waals surface area (Å²) >= 11 is 1.42. The molecule has 142 valence electrons. The second kappa shape index (κ2) is 8.81. The molecule has 0 aliphatic carbocycles. The van der Waals surface area contributed by atoms with Gasteiger partial charge < -0.3 is 14.6 Å². The number of ether oxygens (including phenoxy) is 1. The number of esters is 1. The fourth-order valence-corrected chi connectivity index (χ4v) is 3.51. The van der Waals surface area contributed by atoms with Crippen LogP contribution in [0.15, 0.2) is 41.8 Å². The van der Waals surface area contributed by atoms with Crippen LogP contribution in [0.5, 0.6) is 0 Å². The highest BCUT2D eigenvalue weighted by atomic mass is 32.1. The van der Waals surface area contributed by atoms with Gasteiger partial charge in [-0.15, -0.1) is 11.3 Å². The number of hydrogen-bond acceptors (Lipinski definition) is 5. The van der Waals surface area contributed by atoms with Gasteiger partial charge >= 0.3 is 5.97 Å². The third kappa shape index (κ3) is 4.95. The van der Waals surface area contributed by atoms with E-state index in [0.29, 0.717) is 17.8 Å². The maximum atomic E-state index is 12.1. The number of fused-ring (bicyclic) bond motifs is 1. The van der Waals surface area contributed by atoms with Crippen molar-refractivity contribution in [2.75, 3.05) is 6.54 Å². The number of thiophene rings is 1. The molecule has 6 nitrogen and oxygen atoms in total. The van der Waals surface area contributed by atoms with Crippen LogP contribution in [-0.4, -0.2) is 34.1 Å². The van der Waals surface area contributed by atoms with Gasteiger partial charge in [0.2, 0.25) is 0 Å². The van der Waals surface area contributed by atoms with Crippen molar-refractivity contribution in [3.63, 3.8) is 0 Å². The Labute approximate surface area is 162 Å². The molecule has 2 heterocycles. The molecule has 0 saturated heterocycles. The molecule has 0 aliphatic heterocycles. The Hall–Kier alpha value is -2.67. The topological polar surface area (TPSA) is 73.2 Å². The van der Waals surface area contributed by atoms with Crippen molar-refractivity contribution in [3.8, 4) is 0 Å². The van der Waals surface area contributed by atoms with E-state index >= 15 is 0 Å². The van der Waals surface area contributed by atoms with E-state index in [-0.39, 0.29) is 24.5 Å². The quantitative estimate of drug-likeness (QED) is 0.476. The fraction of sp³-hybridized carbons (Fsp3) is 0.350. The first-order chi connectivity index (χ1) is 13.0. The first kappa shape index (κ1) is 19.1. The van der Waals surface area contributed by atoms with Crippen molar-refractivity contribution < 1.29 is 14.3 Å². The van der Waals surface area contributed by atoms with Crippen LogP contribution in [0.1, 0.15) is 35.8 Å². The largest absolute Gasteiger partial charge is 0.462 e. The third-order valence-corrected chi connectivity index (χ3v) is 4.86. The van der Waals surface area contributed by atoms with E-state index in [1.807, 2.05) is 54.1 Å². The van der Waals surface area contributed by atoms with E-state index in [9.17, 15) is 9.59 Å². The van der Waals surface area contributed by atoms with Crippen LogP contribution in [0.3, 0.4) is 0 Å². The van der Waals surface area contributed by atoms with Gasteiger partial charge in [-0.3, -0.25) is 9.59 Å². The third-order valence-electron chi connectivity index (χ3n) is 4.00. The second-order valence-electron chi connectivity index (χ2n) is 6.48. The van der Waals surface area contributed by atoms with Crippen LogP contribution < -0.4 is 5.32 Å². The van der Waals surface area contributed by atoms with Gasteiger partial charge in [0.15, 0.2) is 0 Å². The Morgan fingerprint density at radius 2 is 2.04 bits per heavy atom. The second-order valence-corrected chi connectivity index (χ2v) is 7.43. The lowest BCUT2D eigenvalue weighted by Gasteiger charge is -2.11. The summed E-state index contributed by atoms with van der Waals surface area (Å²) in [5.41, 5.74) is 1.77. The lowest BCUT2D eigenvalue weighted by molar-refractivity contribution is -0.148. The van der Waals surface area contributed by atoms with Gasteiger partial charge in [0.1, 0.15) is 12.4 Å². The summed E-state index contributed by atoms with van der Waals surface area (Å²) in [6.07, 6.45) is 1.25. The van der Waals surface area contributed by atoms with Gasteiger partial charge in [0.05, 0.1) is 22.0 Å². The molecular weight excluding hydrogens is 362 g/mol. The summed E-state index contributed by atoms with van der Waals surface area (Å²) < 4.78 is 7.19. The van der Waals surface area contributed by atoms with E-state index < -0.39 is 0 Å². The van der Waals surface area contributed by atoms with E-state index in [1.165, 1.54) is 11.3 Å². The van der Waals surface area contributed by atoms with Gasteiger partial charge in [-0.1, -0.05) is 18.2 Å². The Morgan fingerprint density at radius 3 is 2.78 bits per heavy atom. The van der Waals surface area contributed by atoms with Crippen LogP contribution in [0.25, 0.3) is 11.0 Å². The normalized spacial score (nSPS) is 11.1. The number of benzene rings is 1. The summed E-state index contributed by atoms with van der Waals surface area (Å²) in [6.45, 7) is 4.36. The zero-order valence-electron chi connectivity index (χ0n) is 15.5. The molecule has 1 amide bonds. The number of hydrogen-bond donors (Lipinski definition) is 1. The van der Waals surface area contributed by atoms with Crippen LogP contribution >= 0.6 is 11.3 Å². The lowest BCUT2D eigenvalue weighted by atomic mass is 10.3. The van der Waals surface area contributed by atoms with Crippen molar-refractivity contribution >= 4 is 34.2 Å². The summed E-state index contributed by atoms with van der Waals surface area (Å²) in [5, 5.41) is 4.80. The molecule has 0 unspecified atom stereocenters. The van der Waals surface area contributed by atoms with Crippen LogP contribution in [0, 0.1) is 0 Å². The summed E-state index contributed by atoms with van der Waals surface area (Å²) in [7, 11) is 0. The molecule has 27 heavy (non-hydrogen) atoms. The number of amides is 1. The Balaban J connectivity index is 1.65. The average molecular weight is 385 g/mol. The first-order valence-corrected chi connectivity index (χ1v) is 9.88. The van der Waals surface area contributed by atoms with Crippen LogP contribution in [0.2, 0.25) is 0 Å². The number of nitrogens with zero attached hydrogens (tertiary/aromatic N) is 2. The number of nitrogens with one attached hydrogen (secondary N) is 1. The number of rotatable bonds is 8. The maximum Gasteiger partial charge on any atom is 0.326 e. The predicted octanol–water partition coefficient (Wildman–Crippen LogP) is 3.41. The molecule has 3 aromatic rings. The SMILES string of the molecule is CC(C)OC(=O)Cn1c(CCCNC(=O)c2cccs2)nc2ccccc21. The number of aryl methyl sites for hydroxylation is 1. The first-order valence-electron chi connectivity index (χ1n) is 9.00. The minimum atomic E-state index is -0.277. The predicted molar refractivity (Wildman–Crippen MR) is 106 cm³/mol. The van der Waals surface area contributed by atoms with E-state index in [2.05, 4.69) is 10.3 Å². The van der Waals surface area contributed by atoms with E-state index in [1.54, 1.807) is 6.07 Å². The monoisotopic (exact) mass is 385 g/mol. The highest BCUT2D eigenvalue weighted by Crippen LogP contribution is 2.17. The van der Waals surface area contributed by atoms with Crippen molar-refractivity contribution in [3.05, 3.63) is 52.5 Å². The van der Waals surface area contributed by atoms with Crippen LogP contribution in [-0.2, 0) is 22.5 Å². The number of carbonyl (C=O) groups excluding carboxylic acids is 2. The molecule has 1 N–H and O–H groups in total. The molecule has 7 heteroatoms. The van der Waals surface area contributed by atoms with Crippen molar-refractivity contribution in [1.29, 1.82) is 0 Å². The molecule has 0 bridgehead atoms. The van der Waals surface area contributed by atoms with Gasteiger partial charge in [-0.25, -0.2) is 4.98 Å². The smallest absolute Gasteiger partial charge is 0.326 e. The Bertz CT molecular complexity index is 916. The number of carbonyl (C=O) groups is 2. The molecule has 0 radical (unpaired) electrons. The highest BCUT2D eigenvalue weighted by Gasteiger charge is 2.15.